The van der Waals surface area contributed by atoms with Gasteiger partial charge in [0.1, 0.15) is 11.3 Å². The summed E-state index contributed by atoms with van der Waals surface area (Å²) >= 11 is 0. The lowest BCUT2D eigenvalue weighted by atomic mass is 9.94. The van der Waals surface area contributed by atoms with Crippen LogP contribution in [0.4, 0.5) is 0 Å². The number of benzene rings is 4. The van der Waals surface area contributed by atoms with Gasteiger partial charge >= 0.3 is 23.9 Å². The molecule has 4 unspecified atom stereocenters. The summed E-state index contributed by atoms with van der Waals surface area (Å²) in [5, 5.41) is 11.9. The van der Waals surface area contributed by atoms with Crippen LogP contribution >= 0.6 is 0 Å². The number of phenols is 1. The van der Waals surface area contributed by atoms with Gasteiger partial charge in [0.25, 0.3) is 0 Å². The van der Waals surface area contributed by atoms with E-state index < -0.39 is 29.6 Å². The number of unbranched alkanes of at least 4 members (excludes halogenated alkanes) is 4. The number of ether oxygens (including phenoxy) is 4. The SMILES string of the molecule is CCCCC(CC)COC(=O)c1ccc(-c2ccc(C(=O)OCC(CC)CCCC)c(C(=O)OCC(CC)CCCC)c2O)cc1C(=O)OCC(CC)CCCC.c1ccc(-c2ccccc2)cc1. The van der Waals surface area contributed by atoms with Crippen LogP contribution in [-0.4, -0.2) is 55.4 Å². The number of aromatic hydroxyl groups is 1. The van der Waals surface area contributed by atoms with Crippen molar-refractivity contribution in [2.24, 2.45) is 23.7 Å². The number of rotatable bonds is 30. The Labute approximate surface area is 415 Å². The molecule has 69 heavy (non-hydrogen) atoms. The molecule has 0 aliphatic heterocycles. The number of carbonyl (C=O) groups excluding carboxylic acids is 4. The fourth-order valence-corrected chi connectivity index (χ4v) is 8.19. The van der Waals surface area contributed by atoms with Gasteiger partial charge in [0.2, 0.25) is 0 Å². The molecule has 0 radical (unpaired) electrons. The van der Waals surface area contributed by atoms with Crippen molar-refractivity contribution in [2.75, 3.05) is 26.4 Å². The predicted molar refractivity (Wildman–Crippen MR) is 280 cm³/mol. The van der Waals surface area contributed by atoms with E-state index in [1.165, 1.54) is 35.4 Å². The summed E-state index contributed by atoms with van der Waals surface area (Å²) in [6.45, 7) is 17.5. The Balaban J connectivity index is 0.000000898. The number of hydrogen-bond donors (Lipinski definition) is 1. The topological polar surface area (TPSA) is 125 Å². The van der Waals surface area contributed by atoms with Gasteiger partial charge in [0.05, 0.1) is 43.1 Å². The summed E-state index contributed by atoms with van der Waals surface area (Å²) in [6, 6.07) is 28.3. The van der Waals surface area contributed by atoms with Gasteiger partial charge in [-0.3, -0.25) is 0 Å². The molecule has 0 aliphatic carbocycles. The van der Waals surface area contributed by atoms with Crippen molar-refractivity contribution >= 4 is 23.9 Å². The molecule has 0 aliphatic rings. The molecule has 0 saturated heterocycles. The quantitative estimate of drug-likeness (QED) is 0.0402. The average Bonchev–Trinajstić information content (AvgIpc) is 3.38. The van der Waals surface area contributed by atoms with Crippen LogP contribution in [0.15, 0.2) is 91.0 Å². The van der Waals surface area contributed by atoms with E-state index in [-0.39, 0.29) is 77.9 Å². The van der Waals surface area contributed by atoms with Crippen LogP contribution in [0.2, 0.25) is 0 Å². The molecule has 0 fully saturated rings. The van der Waals surface area contributed by atoms with Crippen molar-refractivity contribution in [3.8, 4) is 28.0 Å². The molecular formula is C60H84O9. The summed E-state index contributed by atoms with van der Waals surface area (Å²) in [5.41, 5.74) is 2.74. The lowest BCUT2D eigenvalue weighted by Crippen LogP contribution is -2.20. The Kier molecular flexibility index (Phi) is 27.8. The summed E-state index contributed by atoms with van der Waals surface area (Å²) in [6.07, 6.45) is 15.2. The van der Waals surface area contributed by atoms with Crippen LogP contribution in [0.5, 0.6) is 5.75 Å². The molecule has 0 bridgehead atoms. The van der Waals surface area contributed by atoms with Gasteiger partial charge in [-0.15, -0.1) is 0 Å². The first kappa shape index (κ1) is 57.9. The zero-order chi connectivity index (χ0) is 50.4. The maximum atomic E-state index is 13.9. The Morgan fingerprint density at radius 1 is 0.406 bits per heavy atom. The fraction of sp³-hybridized carbons (Fsp3) is 0.533. The molecular weight excluding hydrogens is 865 g/mol. The zero-order valence-corrected chi connectivity index (χ0v) is 43.3. The zero-order valence-electron chi connectivity index (χ0n) is 43.3. The maximum Gasteiger partial charge on any atom is 0.342 e. The van der Waals surface area contributed by atoms with E-state index in [9.17, 15) is 24.3 Å². The van der Waals surface area contributed by atoms with E-state index in [1.54, 1.807) is 6.07 Å². The van der Waals surface area contributed by atoms with Crippen molar-refractivity contribution in [3.63, 3.8) is 0 Å². The highest BCUT2D eigenvalue weighted by atomic mass is 16.5. The van der Waals surface area contributed by atoms with Crippen LogP contribution in [0.3, 0.4) is 0 Å². The van der Waals surface area contributed by atoms with Crippen LogP contribution in [-0.2, 0) is 18.9 Å². The lowest BCUT2D eigenvalue weighted by Gasteiger charge is -2.19. The van der Waals surface area contributed by atoms with Gasteiger partial charge in [0.15, 0.2) is 0 Å². The Morgan fingerprint density at radius 2 is 0.754 bits per heavy atom. The summed E-state index contributed by atoms with van der Waals surface area (Å²) in [5.74, 6) is -2.66. The molecule has 0 amide bonds. The standard InChI is InChI=1S/C48H74O9.C12H10/c1-9-17-21-34(13-5)30-54-45(50)40-26-25-38(29-42(40)47(52)56-32-36(15-7)23-19-11-3)39-27-28-41(46(51)55-31-35(14-6)22-18-10-2)43(44(39)49)48(53)57-33-37(16-8)24-20-12-4;1-3-7-11(8-4-1)12-9-5-2-6-10-12/h25-29,34-37,49H,9-24,30-33H2,1-8H3;1-10H. The van der Waals surface area contributed by atoms with E-state index in [1.807, 2.05) is 19.1 Å². The van der Waals surface area contributed by atoms with Crippen molar-refractivity contribution in [3.05, 3.63) is 113 Å². The third-order valence-corrected chi connectivity index (χ3v) is 13.2. The van der Waals surface area contributed by atoms with E-state index in [4.69, 9.17) is 18.9 Å². The fourth-order valence-electron chi connectivity index (χ4n) is 8.19. The molecule has 0 heterocycles. The predicted octanol–water partition coefficient (Wildman–Crippen LogP) is 15.9. The first-order valence-corrected chi connectivity index (χ1v) is 26.3. The Morgan fingerprint density at radius 3 is 1.13 bits per heavy atom. The van der Waals surface area contributed by atoms with Crippen LogP contribution in [0.1, 0.15) is 200 Å². The first-order chi connectivity index (χ1) is 33.5. The van der Waals surface area contributed by atoms with Crippen molar-refractivity contribution in [1.82, 2.24) is 0 Å². The highest BCUT2D eigenvalue weighted by molar-refractivity contribution is 6.08. The summed E-state index contributed by atoms with van der Waals surface area (Å²) in [4.78, 5) is 54.9. The average molecular weight is 949 g/mol. The summed E-state index contributed by atoms with van der Waals surface area (Å²) in [7, 11) is 0. The van der Waals surface area contributed by atoms with Crippen molar-refractivity contribution in [1.29, 1.82) is 0 Å². The second-order valence-corrected chi connectivity index (χ2v) is 18.4. The molecule has 9 nitrogen and oxygen atoms in total. The van der Waals surface area contributed by atoms with E-state index in [0.717, 1.165) is 103 Å². The minimum absolute atomic E-state index is 0.00383. The van der Waals surface area contributed by atoms with Gasteiger partial charge in [-0.25, -0.2) is 19.2 Å². The highest BCUT2D eigenvalue weighted by Crippen LogP contribution is 2.37. The largest absolute Gasteiger partial charge is 0.506 e. The number of hydrogen-bond acceptors (Lipinski definition) is 9. The lowest BCUT2D eigenvalue weighted by molar-refractivity contribution is 0.0378. The molecule has 378 valence electrons. The molecule has 1 N–H and O–H groups in total. The summed E-state index contributed by atoms with van der Waals surface area (Å²) < 4.78 is 23.1. The highest BCUT2D eigenvalue weighted by Gasteiger charge is 2.29. The third-order valence-electron chi connectivity index (χ3n) is 13.2. The van der Waals surface area contributed by atoms with Crippen LogP contribution in [0.25, 0.3) is 22.3 Å². The molecule has 0 saturated carbocycles. The maximum absolute atomic E-state index is 13.9. The molecule has 9 heteroatoms. The monoisotopic (exact) mass is 949 g/mol. The van der Waals surface area contributed by atoms with E-state index in [0.29, 0.717) is 5.56 Å². The van der Waals surface area contributed by atoms with Crippen LogP contribution < -0.4 is 0 Å². The number of phenolic OH excluding ortho intramolecular Hbond substituents is 1. The van der Waals surface area contributed by atoms with Gasteiger partial charge in [0, 0.05) is 5.56 Å². The minimum Gasteiger partial charge on any atom is -0.506 e. The van der Waals surface area contributed by atoms with Crippen LogP contribution in [0, 0.1) is 23.7 Å². The van der Waals surface area contributed by atoms with Crippen molar-refractivity contribution < 1.29 is 43.2 Å². The minimum atomic E-state index is -0.833. The normalized spacial score (nSPS) is 12.7. The Hall–Kier alpha value is -5.44. The van der Waals surface area contributed by atoms with E-state index in [2.05, 4.69) is 97.0 Å². The van der Waals surface area contributed by atoms with Gasteiger partial charge < -0.3 is 24.1 Å². The van der Waals surface area contributed by atoms with Gasteiger partial charge in [-0.2, -0.15) is 0 Å². The molecule has 4 atom stereocenters. The van der Waals surface area contributed by atoms with E-state index >= 15 is 0 Å². The molecule has 4 aromatic carbocycles. The molecule has 4 rings (SSSR count). The smallest absolute Gasteiger partial charge is 0.342 e. The number of esters is 4. The Bertz CT molecular complexity index is 2060. The second kappa shape index (κ2) is 33.2. The van der Waals surface area contributed by atoms with Gasteiger partial charge in [-0.05, 0) is 90.3 Å². The third kappa shape index (κ3) is 19.5. The first-order valence-electron chi connectivity index (χ1n) is 26.3. The molecule has 4 aromatic rings. The molecule has 0 spiro atoms. The number of carbonyl (C=O) groups is 4. The second-order valence-electron chi connectivity index (χ2n) is 18.4. The van der Waals surface area contributed by atoms with Crippen molar-refractivity contribution in [2.45, 2.75) is 158 Å². The molecule has 0 aromatic heterocycles. The van der Waals surface area contributed by atoms with Gasteiger partial charge in [-0.1, -0.05) is 199 Å².